The third-order valence-corrected chi connectivity index (χ3v) is 4.98. The van der Waals surface area contributed by atoms with Crippen molar-refractivity contribution in [3.8, 4) is 17.0 Å². The van der Waals surface area contributed by atoms with Gasteiger partial charge in [0.1, 0.15) is 6.33 Å². The van der Waals surface area contributed by atoms with Crippen molar-refractivity contribution in [2.24, 2.45) is 7.05 Å². The fourth-order valence-electron chi connectivity index (χ4n) is 3.39. The Labute approximate surface area is 164 Å². The molecule has 1 aliphatic rings. The highest BCUT2D eigenvalue weighted by Gasteiger charge is 2.33. The Bertz CT molecular complexity index is 992. The molecule has 0 saturated heterocycles. The lowest BCUT2D eigenvalue weighted by molar-refractivity contribution is 0.0730. The van der Waals surface area contributed by atoms with Crippen LogP contribution >= 0.6 is 0 Å². The number of amides is 1. The van der Waals surface area contributed by atoms with Gasteiger partial charge in [-0.25, -0.2) is 9.97 Å². The molecule has 2 aromatic heterocycles. The van der Waals surface area contributed by atoms with Gasteiger partial charge in [0.05, 0.1) is 24.6 Å². The highest BCUT2D eigenvalue weighted by molar-refractivity contribution is 5.95. The van der Waals surface area contributed by atoms with Gasteiger partial charge in [-0.3, -0.25) is 9.48 Å². The maximum absolute atomic E-state index is 13.1. The van der Waals surface area contributed by atoms with Gasteiger partial charge < -0.3 is 9.64 Å². The van der Waals surface area contributed by atoms with Crippen molar-refractivity contribution in [3.05, 3.63) is 59.8 Å². The van der Waals surface area contributed by atoms with E-state index < -0.39 is 0 Å². The Morgan fingerprint density at radius 1 is 1.25 bits per heavy atom. The molecular formula is C21H23N5O2. The second kappa shape index (κ2) is 7.42. The fourth-order valence-corrected chi connectivity index (χ4v) is 3.39. The lowest BCUT2D eigenvalue weighted by Gasteiger charge is -2.22. The van der Waals surface area contributed by atoms with Crippen LogP contribution in [0.25, 0.3) is 11.1 Å². The summed E-state index contributed by atoms with van der Waals surface area (Å²) in [6, 6.07) is 7.90. The summed E-state index contributed by atoms with van der Waals surface area (Å²) in [5.41, 5.74) is 4.33. The molecule has 0 bridgehead atoms. The van der Waals surface area contributed by atoms with E-state index in [1.807, 2.05) is 55.5 Å². The Balaban J connectivity index is 1.58. The summed E-state index contributed by atoms with van der Waals surface area (Å²) in [5, 5.41) is 4.21. The van der Waals surface area contributed by atoms with Crippen molar-refractivity contribution in [3.63, 3.8) is 0 Å². The highest BCUT2D eigenvalue weighted by atomic mass is 16.5. The Hall–Kier alpha value is -3.22. The van der Waals surface area contributed by atoms with Crippen molar-refractivity contribution in [2.75, 3.05) is 7.11 Å². The molecule has 144 valence electrons. The molecule has 0 N–H and O–H groups in total. The van der Waals surface area contributed by atoms with Crippen LogP contribution in [0, 0.1) is 6.92 Å². The second-order valence-corrected chi connectivity index (χ2v) is 7.11. The largest absolute Gasteiger partial charge is 0.480 e. The van der Waals surface area contributed by atoms with Crippen LogP contribution in [-0.4, -0.2) is 43.7 Å². The van der Waals surface area contributed by atoms with Gasteiger partial charge in [-0.05, 0) is 37.5 Å². The van der Waals surface area contributed by atoms with Crippen molar-refractivity contribution in [1.29, 1.82) is 0 Å². The molecule has 2 heterocycles. The molecule has 1 aromatic carbocycles. The molecule has 0 radical (unpaired) electrons. The zero-order valence-electron chi connectivity index (χ0n) is 16.3. The smallest absolute Gasteiger partial charge is 0.254 e. The SMILES string of the molecule is COc1ncnc(C)c1-c1ccc(C(=O)N(Cc2cnn(C)c2)C2CC2)cc1. The number of hydrogen-bond donors (Lipinski definition) is 0. The predicted molar refractivity (Wildman–Crippen MR) is 105 cm³/mol. The first-order chi connectivity index (χ1) is 13.6. The average Bonchev–Trinajstić information content (AvgIpc) is 3.47. The Morgan fingerprint density at radius 3 is 2.61 bits per heavy atom. The number of methoxy groups -OCH3 is 1. The average molecular weight is 377 g/mol. The van der Waals surface area contributed by atoms with Crippen LogP contribution in [0.2, 0.25) is 0 Å². The molecule has 4 rings (SSSR count). The number of aryl methyl sites for hydroxylation is 2. The third-order valence-electron chi connectivity index (χ3n) is 4.98. The van der Waals surface area contributed by atoms with Crippen molar-refractivity contribution in [1.82, 2.24) is 24.6 Å². The molecule has 0 aliphatic heterocycles. The number of nitrogens with zero attached hydrogens (tertiary/aromatic N) is 5. The molecule has 28 heavy (non-hydrogen) atoms. The van der Waals surface area contributed by atoms with E-state index in [1.54, 1.807) is 11.8 Å². The molecule has 7 heteroatoms. The van der Waals surface area contributed by atoms with E-state index in [-0.39, 0.29) is 5.91 Å². The first kappa shape index (κ1) is 18.2. The van der Waals surface area contributed by atoms with Crippen LogP contribution in [0.4, 0.5) is 0 Å². The molecule has 1 amide bonds. The van der Waals surface area contributed by atoms with E-state index in [4.69, 9.17) is 4.74 Å². The summed E-state index contributed by atoms with van der Waals surface area (Å²) in [7, 11) is 3.48. The van der Waals surface area contributed by atoms with Crippen LogP contribution in [0.3, 0.4) is 0 Å². The molecule has 7 nitrogen and oxygen atoms in total. The zero-order valence-corrected chi connectivity index (χ0v) is 16.3. The van der Waals surface area contributed by atoms with Gasteiger partial charge in [0.15, 0.2) is 0 Å². The summed E-state index contributed by atoms with van der Waals surface area (Å²) < 4.78 is 7.13. The van der Waals surface area contributed by atoms with E-state index in [0.29, 0.717) is 24.0 Å². The minimum Gasteiger partial charge on any atom is -0.480 e. The lowest BCUT2D eigenvalue weighted by Crippen LogP contribution is -2.32. The molecule has 1 fully saturated rings. The standard InChI is InChI=1S/C21H23N5O2/c1-14-19(20(28-3)23-13-22-14)16-4-6-17(7-5-16)21(27)26(18-8-9-18)12-15-10-24-25(2)11-15/h4-7,10-11,13,18H,8-9,12H2,1-3H3. The number of carbonyl (C=O) groups is 1. The number of carbonyl (C=O) groups excluding carboxylic acids is 1. The number of rotatable bonds is 6. The number of hydrogen-bond acceptors (Lipinski definition) is 5. The normalized spacial score (nSPS) is 13.4. The van der Waals surface area contributed by atoms with E-state index in [2.05, 4.69) is 15.1 Å². The monoisotopic (exact) mass is 377 g/mol. The van der Waals surface area contributed by atoms with Crippen molar-refractivity contribution < 1.29 is 9.53 Å². The summed E-state index contributed by atoms with van der Waals surface area (Å²) >= 11 is 0. The summed E-state index contributed by atoms with van der Waals surface area (Å²) in [5.74, 6) is 0.577. The lowest BCUT2D eigenvalue weighted by atomic mass is 10.0. The van der Waals surface area contributed by atoms with E-state index in [9.17, 15) is 4.79 Å². The minimum absolute atomic E-state index is 0.0471. The Morgan fingerprint density at radius 2 is 2.00 bits per heavy atom. The fraction of sp³-hybridized carbons (Fsp3) is 0.333. The van der Waals surface area contributed by atoms with Crippen LogP contribution < -0.4 is 4.74 Å². The van der Waals surface area contributed by atoms with Gasteiger partial charge in [0.2, 0.25) is 5.88 Å². The first-order valence-corrected chi connectivity index (χ1v) is 9.31. The summed E-state index contributed by atoms with van der Waals surface area (Å²) in [6.45, 7) is 2.50. The third kappa shape index (κ3) is 3.60. The first-order valence-electron chi connectivity index (χ1n) is 9.31. The zero-order chi connectivity index (χ0) is 19.7. The molecule has 1 saturated carbocycles. The van der Waals surface area contributed by atoms with Crippen LogP contribution in [0.15, 0.2) is 43.0 Å². The number of aromatic nitrogens is 4. The van der Waals surface area contributed by atoms with E-state index in [0.717, 1.165) is 35.2 Å². The summed E-state index contributed by atoms with van der Waals surface area (Å²) in [4.78, 5) is 23.5. The molecule has 3 aromatic rings. The maximum Gasteiger partial charge on any atom is 0.254 e. The van der Waals surface area contributed by atoms with Crippen LogP contribution in [-0.2, 0) is 13.6 Å². The number of benzene rings is 1. The van der Waals surface area contributed by atoms with Gasteiger partial charge >= 0.3 is 0 Å². The van der Waals surface area contributed by atoms with E-state index in [1.165, 1.54) is 6.33 Å². The number of ether oxygens (including phenoxy) is 1. The Kier molecular flexibility index (Phi) is 4.81. The molecule has 0 atom stereocenters. The van der Waals surface area contributed by atoms with Crippen molar-refractivity contribution in [2.45, 2.75) is 32.4 Å². The summed E-state index contributed by atoms with van der Waals surface area (Å²) in [6.07, 6.45) is 7.37. The van der Waals surface area contributed by atoms with Gasteiger partial charge in [0, 0.05) is 37.0 Å². The predicted octanol–water partition coefficient (Wildman–Crippen LogP) is 3.00. The van der Waals surface area contributed by atoms with Gasteiger partial charge in [0.25, 0.3) is 5.91 Å². The highest BCUT2D eigenvalue weighted by Crippen LogP contribution is 2.32. The maximum atomic E-state index is 13.1. The topological polar surface area (TPSA) is 73.1 Å². The van der Waals surface area contributed by atoms with Crippen LogP contribution in [0.5, 0.6) is 5.88 Å². The minimum atomic E-state index is 0.0471. The van der Waals surface area contributed by atoms with Crippen LogP contribution in [0.1, 0.15) is 34.5 Å². The molecule has 1 aliphatic carbocycles. The van der Waals surface area contributed by atoms with Crippen molar-refractivity contribution >= 4 is 5.91 Å². The molecule has 0 spiro atoms. The van der Waals surface area contributed by atoms with Gasteiger partial charge in [-0.15, -0.1) is 0 Å². The second-order valence-electron chi connectivity index (χ2n) is 7.11. The van der Waals surface area contributed by atoms with E-state index >= 15 is 0 Å². The quantitative estimate of drug-likeness (QED) is 0.660. The van der Waals surface area contributed by atoms with Gasteiger partial charge in [-0.2, -0.15) is 5.10 Å². The molecular weight excluding hydrogens is 354 g/mol. The van der Waals surface area contributed by atoms with Gasteiger partial charge in [-0.1, -0.05) is 12.1 Å². The molecule has 0 unspecified atom stereocenters.